The first-order valence-electron chi connectivity index (χ1n) is 4.95. The maximum atomic E-state index is 11.9. The van der Waals surface area contributed by atoms with Gasteiger partial charge < -0.3 is 11.2 Å². The van der Waals surface area contributed by atoms with E-state index in [4.69, 9.17) is 11.6 Å². The minimum Gasteiger partial charge on any atom is -0.368 e. The molecule has 6 N–H and O–H groups in total. The van der Waals surface area contributed by atoms with Gasteiger partial charge in [-0.25, -0.2) is 19.2 Å². The number of amides is 1. The van der Waals surface area contributed by atoms with Crippen molar-refractivity contribution >= 4 is 21.7 Å². The van der Waals surface area contributed by atoms with Gasteiger partial charge in [0.2, 0.25) is 15.9 Å². The van der Waals surface area contributed by atoms with Crippen LogP contribution in [0.2, 0.25) is 0 Å². The maximum Gasteiger partial charge on any atom is 0.243 e. The van der Waals surface area contributed by atoms with E-state index in [0.29, 0.717) is 5.82 Å². The molecule has 0 aromatic carbocycles. The third-order valence-corrected chi connectivity index (χ3v) is 3.84. The lowest BCUT2D eigenvalue weighted by molar-refractivity contribution is -0.122. The zero-order chi connectivity index (χ0) is 14.0. The number of hydrazine groups is 1. The van der Waals surface area contributed by atoms with Crippen LogP contribution in [0.3, 0.4) is 0 Å². The van der Waals surface area contributed by atoms with Crippen LogP contribution >= 0.6 is 0 Å². The fourth-order valence-corrected chi connectivity index (χ4v) is 2.40. The molecule has 9 heteroatoms. The summed E-state index contributed by atoms with van der Waals surface area (Å²) in [7, 11) is -3.87. The lowest BCUT2D eigenvalue weighted by atomic mass is 10.1. The van der Waals surface area contributed by atoms with E-state index in [1.807, 2.05) is 0 Å². The monoisotopic (exact) mass is 273 g/mol. The van der Waals surface area contributed by atoms with Crippen LogP contribution < -0.4 is 21.7 Å². The highest BCUT2D eigenvalue weighted by atomic mass is 32.2. The summed E-state index contributed by atoms with van der Waals surface area (Å²) in [5, 5.41) is 0. The fraction of sp³-hybridized carbons (Fsp3) is 0.333. The van der Waals surface area contributed by atoms with Gasteiger partial charge in [0.25, 0.3) is 0 Å². The lowest BCUT2D eigenvalue weighted by Gasteiger charge is -2.21. The number of aromatic nitrogens is 1. The molecule has 0 fully saturated rings. The second kappa shape index (κ2) is 4.88. The Kier molecular flexibility index (Phi) is 3.89. The number of nitrogen functional groups attached to an aromatic ring is 1. The summed E-state index contributed by atoms with van der Waals surface area (Å²) in [5.41, 5.74) is 5.98. The van der Waals surface area contributed by atoms with E-state index in [1.165, 1.54) is 26.0 Å². The van der Waals surface area contributed by atoms with Crippen molar-refractivity contribution in [1.29, 1.82) is 0 Å². The minimum atomic E-state index is -3.87. The molecule has 1 aromatic rings. The third-order valence-electron chi connectivity index (χ3n) is 2.20. The number of anilines is 1. The molecule has 0 aliphatic carbocycles. The van der Waals surface area contributed by atoms with Gasteiger partial charge in [0.1, 0.15) is 16.3 Å². The standard InChI is InChI=1S/C9H15N5O3S/c1-9(2,8(10)15)14-18(16,17)6-3-4-7(13-11)12-5-6/h3-5,14H,11H2,1-2H3,(H2,10,15)(H,12,13). The fourth-order valence-electron chi connectivity index (χ4n) is 1.07. The Bertz CT molecular complexity index is 538. The molecule has 100 valence electrons. The molecule has 0 unspecified atom stereocenters. The molecule has 1 rings (SSSR count). The van der Waals surface area contributed by atoms with Crippen molar-refractivity contribution in [3.8, 4) is 0 Å². The van der Waals surface area contributed by atoms with Crippen LogP contribution in [0.1, 0.15) is 13.8 Å². The smallest absolute Gasteiger partial charge is 0.243 e. The van der Waals surface area contributed by atoms with Crippen LogP contribution in [0.4, 0.5) is 5.82 Å². The molecule has 1 amide bonds. The van der Waals surface area contributed by atoms with Crippen molar-refractivity contribution in [2.45, 2.75) is 24.3 Å². The second-order valence-corrected chi connectivity index (χ2v) is 5.80. The van der Waals surface area contributed by atoms with Crippen molar-refractivity contribution in [3.05, 3.63) is 18.3 Å². The lowest BCUT2D eigenvalue weighted by Crippen LogP contribution is -2.52. The Morgan fingerprint density at radius 3 is 2.39 bits per heavy atom. The molecule has 0 aliphatic heterocycles. The van der Waals surface area contributed by atoms with Gasteiger partial charge in [-0.05, 0) is 26.0 Å². The van der Waals surface area contributed by atoms with Crippen LogP contribution in [-0.2, 0) is 14.8 Å². The predicted molar refractivity (Wildman–Crippen MR) is 65.6 cm³/mol. The van der Waals surface area contributed by atoms with Crippen LogP contribution in [0.25, 0.3) is 0 Å². The van der Waals surface area contributed by atoms with Crippen molar-refractivity contribution in [2.75, 3.05) is 5.43 Å². The van der Waals surface area contributed by atoms with Gasteiger partial charge in [-0.3, -0.25) is 4.79 Å². The average Bonchev–Trinajstić information content (AvgIpc) is 2.27. The molecule has 0 radical (unpaired) electrons. The van der Waals surface area contributed by atoms with Gasteiger partial charge in [0.05, 0.1) is 0 Å². The molecule has 1 aromatic heterocycles. The number of pyridine rings is 1. The highest BCUT2D eigenvalue weighted by Gasteiger charge is 2.31. The Labute approximate surface area is 105 Å². The maximum absolute atomic E-state index is 11.9. The summed E-state index contributed by atoms with van der Waals surface area (Å²) in [4.78, 5) is 14.8. The quantitative estimate of drug-likeness (QED) is 0.397. The van der Waals surface area contributed by atoms with Crippen molar-refractivity contribution in [3.63, 3.8) is 0 Å². The molecule has 8 nitrogen and oxygen atoms in total. The second-order valence-electron chi connectivity index (χ2n) is 4.12. The number of nitrogens with two attached hydrogens (primary N) is 2. The van der Waals surface area contributed by atoms with Crippen LogP contribution in [0, 0.1) is 0 Å². The Morgan fingerprint density at radius 2 is 2.00 bits per heavy atom. The number of primary amides is 1. The molecule has 0 saturated heterocycles. The van der Waals surface area contributed by atoms with Crippen LogP contribution in [-0.4, -0.2) is 24.8 Å². The van der Waals surface area contributed by atoms with E-state index in [-0.39, 0.29) is 4.90 Å². The number of carbonyl (C=O) groups excluding carboxylic acids is 1. The average molecular weight is 273 g/mol. The minimum absolute atomic E-state index is 0.0872. The topological polar surface area (TPSA) is 140 Å². The Balaban J connectivity index is 3.03. The highest BCUT2D eigenvalue weighted by molar-refractivity contribution is 7.89. The zero-order valence-electron chi connectivity index (χ0n) is 9.97. The summed E-state index contributed by atoms with van der Waals surface area (Å²) >= 11 is 0. The molecular formula is C9H15N5O3S. The third kappa shape index (κ3) is 3.15. The normalized spacial score (nSPS) is 12.2. The van der Waals surface area contributed by atoms with Gasteiger partial charge in [0.15, 0.2) is 0 Å². The molecule has 1 heterocycles. The summed E-state index contributed by atoms with van der Waals surface area (Å²) in [6, 6.07) is 2.70. The molecule has 0 saturated carbocycles. The molecule has 0 atom stereocenters. The number of hydrogen-bond donors (Lipinski definition) is 4. The first-order chi connectivity index (χ1) is 8.19. The summed E-state index contributed by atoms with van der Waals surface area (Å²) in [5.74, 6) is 4.66. The summed E-state index contributed by atoms with van der Waals surface area (Å²) < 4.78 is 26.1. The number of nitrogens with one attached hydrogen (secondary N) is 2. The summed E-state index contributed by atoms with van der Waals surface area (Å²) in [6.45, 7) is 2.74. The van der Waals surface area contributed by atoms with Crippen molar-refractivity contribution < 1.29 is 13.2 Å². The van der Waals surface area contributed by atoms with E-state index in [2.05, 4.69) is 15.1 Å². The van der Waals surface area contributed by atoms with Gasteiger partial charge in [0, 0.05) is 6.20 Å². The number of rotatable bonds is 5. The van der Waals surface area contributed by atoms with Crippen LogP contribution in [0.5, 0.6) is 0 Å². The van der Waals surface area contributed by atoms with Gasteiger partial charge in [-0.15, -0.1) is 0 Å². The predicted octanol–water partition coefficient (Wildman–Crippen LogP) is -1.09. The van der Waals surface area contributed by atoms with E-state index >= 15 is 0 Å². The van der Waals surface area contributed by atoms with E-state index in [9.17, 15) is 13.2 Å². The van der Waals surface area contributed by atoms with Gasteiger partial charge in [-0.2, -0.15) is 4.72 Å². The Morgan fingerprint density at radius 1 is 1.39 bits per heavy atom. The highest BCUT2D eigenvalue weighted by Crippen LogP contribution is 2.13. The van der Waals surface area contributed by atoms with Crippen molar-refractivity contribution in [2.24, 2.45) is 11.6 Å². The molecule has 0 spiro atoms. The number of nitrogens with zero attached hydrogens (tertiary/aromatic N) is 1. The van der Waals surface area contributed by atoms with Gasteiger partial charge in [-0.1, -0.05) is 0 Å². The van der Waals surface area contributed by atoms with Gasteiger partial charge >= 0.3 is 0 Å². The van der Waals surface area contributed by atoms with E-state index in [1.54, 1.807) is 0 Å². The molecule has 0 bridgehead atoms. The molecule has 18 heavy (non-hydrogen) atoms. The molecular weight excluding hydrogens is 258 g/mol. The largest absolute Gasteiger partial charge is 0.368 e. The Hall–Kier alpha value is -1.71. The SMILES string of the molecule is CC(C)(NS(=O)(=O)c1ccc(NN)nc1)C(N)=O. The number of sulfonamides is 1. The molecule has 0 aliphatic rings. The number of hydrogen-bond acceptors (Lipinski definition) is 6. The first-order valence-corrected chi connectivity index (χ1v) is 6.44. The zero-order valence-corrected chi connectivity index (χ0v) is 10.8. The van der Waals surface area contributed by atoms with E-state index in [0.717, 1.165) is 6.20 Å². The van der Waals surface area contributed by atoms with E-state index < -0.39 is 21.5 Å². The number of carbonyl (C=O) groups is 1. The first kappa shape index (κ1) is 14.4. The van der Waals surface area contributed by atoms with Crippen LogP contribution in [0.15, 0.2) is 23.2 Å². The summed E-state index contributed by atoms with van der Waals surface area (Å²) in [6.07, 6.45) is 1.12. The van der Waals surface area contributed by atoms with Crippen molar-refractivity contribution in [1.82, 2.24) is 9.71 Å².